The molecular weight excluding hydrogens is 254 g/mol. The highest BCUT2D eigenvalue weighted by atomic mass is 16.4. The average Bonchev–Trinajstić information content (AvgIpc) is 2.81. The first-order valence-corrected chi connectivity index (χ1v) is 6.73. The van der Waals surface area contributed by atoms with Crippen LogP contribution in [0.4, 0.5) is 0 Å². The van der Waals surface area contributed by atoms with Crippen LogP contribution in [0.25, 0.3) is 11.5 Å². The van der Waals surface area contributed by atoms with Crippen molar-refractivity contribution in [2.45, 2.75) is 13.5 Å². The summed E-state index contributed by atoms with van der Waals surface area (Å²) < 4.78 is 5.73. The van der Waals surface area contributed by atoms with E-state index in [9.17, 15) is 4.79 Å². The van der Waals surface area contributed by atoms with Gasteiger partial charge in [-0.3, -0.25) is 9.69 Å². The van der Waals surface area contributed by atoms with E-state index in [1.54, 1.807) is 0 Å². The minimum atomic E-state index is 0.0701. The van der Waals surface area contributed by atoms with Gasteiger partial charge < -0.3 is 9.73 Å². The summed E-state index contributed by atoms with van der Waals surface area (Å²) in [7, 11) is 0. The Balaban J connectivity index is 1.77. The maximum atomic E-state index is 11.4. The minimum absolute atomic E-state index is 0.0701. The molecule has 2 aromatic rings. The number of piperazine rings is 1. The van der Waals surface area contributed by atoms with Gasteiger partial charge in [-0.25, -0.2) is 4.98 Å². The molecule has 1 amide bonds. The van der Waals surface area contributed by atoms with Gasteiger partial charge in [0.05, 0.1) is 12.2 Å². The Morgan fingerprint density at radius 3 is 2.90 bits per heavy atom. The lowest BCUT2D eigenvalue weighted by Crippen LogP contribution is -2.47. The topological polar surface area (TPSA) is 58.4 Å². The number of carbonyl (C=O) groups is 1. The third kappa shape index (κ3) is 2.72. The van der Waals surface area contributed by atoms with Crippen molar-refractivity contribution in [1.29, 1.82) is 0 Å². The number of nitrogens with one attached hydrogen (secondary N) is 1. The number of nitrogens with zero attached hydrogens (tertiary/aromatic N) is 2. The number of aryl methyl sites for hydroxylation is 1. The Hall–Kier alpha value is -2.14. The van der Waals surface area contributed by atoms with Crippen molar-refractivity contribution in [2.24, 2.45) is 0 Å². The summed E-state index contributed by atoms with van der Waals surface area (Å²) in [5, 5.41) is 2.82. The highest BCUT2D eigenvalue weighted by Gasteiger charge is 2.19. The van der Waals surface area contributed by atoms with Gasteiger partial charge in [-0.05, 0) is 19.1 Å². The maximum Gasteiger partial charge on any atom is 0.234 e. The van der Waals surface area contributed by atoms with Crippen molar-refractivity contribution in [3.63, 3.8) is 0 Å². The van der Waals surface area contributed by atoms with Crippen LogP contribution in [0.2, 0.25) is 0 Å². The Bertz CT molecular complexity index is 607. The molecule has 1 aromatic carbocycles. The van der Waals surface area contributed by atoms with Crippen LogP contribution in [0.1, 0.15) is 11.5 Å². The first-order chi connectivity index (χ1) is 9.72. The van der Waals surface area contributed by atoms with Gasteiger partial charge in [0, 0.05) is 25.2 Å². The quantitative estimate of drug-likeness (QED) is 0.921. The normalized spacial score (nSPS) is 16.1. The molecule has 1 saturated heterocycles. The van der Waals surface area contributed by atoms with Gasteiger partial charge in [0.1, 0.15) is 5.76 Å². The molecule has 20 heavy (non-hydrogen) atoms. The Morgan fingerprint density at radius 1 is 1.35 bits per heavy atom. The summed E-state index contributed by atoms with van der Waals surface area (Å²) in [6.07, 6.45) is 0. The van der Waals surface area contributed by atoms with Crippen LogP contribution in [0.3, 0.4) is 0 Å². The maximum absolute atomic E-state index is 11.4. The molecular formula is C15H17N3O2. The second-order valence-electron chi connectivity index (χ2n) is 4.95. The van der Waals surface area contributed by atoms with E-state index in [0.29, 0.717) is 25.5 Å². The fourth-order valence-electron chi connectivity index (χ4n) is 2.32. The molecule has 0 saturated carbocycles. The van der Waals surface area contributed by atoms with Crippen molar-refractivity contribution in [1.82, 2.24) is 15.2 Å². The molecule has 2 heterocycles. The van der Waals surface area contributed by atoms with Gasteiger partial charge in [0.25, 0.3) is 0 Å². The van der Waals surface area contributed by atoms with Crippen LogP contribution in [0.5, 0.6) is 0 Å². The lowest BCUT2D eigenvalue weighted by Gasteiger charge is -2.25. The summed E-state index contributed by atoms with van der Waals surface area (Å²) >= 11 is 0. The molecule has 0 unspecified atom stereocenters. The summed E-state index contributed by atoms with van der Waals surface area (Å²) in [5.74, 6) is 1.52. The Morgan fingerprint density at radius 2 is 2.15 bits per heavy atom. The van der Waals surface area contributed by atoms with Crippen LogP contribution < -0.4 is 5.32 Å². The van der Waals surface area contributed by atoms with Crippen LogP contribution in [-0.4, -0.2) is 35.4 Å². The van der Waals surface area contributed by atoms with Gasteiger partial charge >= 0.3 is 0 Å². The summed E-state index contributed by atoms with van der Waals surface area (Å²) in [6.45, 7) is 4.53. The second-order valence-corrected chi connectivity index (χ2v) is 4.95. The molecule has 0 atom stereocenters. The molecule has 3 rings (SSSR count). The number of benzene rings is 1. The number of carbonyl (C=O) groups excluding carboxylic acids is 1. The van der Waals surface area contributed by atoms with Crippen LogP contribution in [0, 0.1) is 6.92 Å². The third-order valence-electron chi connectivity index (χ3n) is 3.40. The zero-order chi connectivity index (χ0) is 13.9. The molecule has 1 N–H and O–H groups in total. The van der Waals surface area contributed by atoms with Gasteiger partial charge in [0.2, 0.25) is 11.8 Å². The van der Waals surface area contributed by atoms with Crippen LogP contribution in [-0.2, 0) is 11.3 Å². The van der Waals surface area contributed by atoms with E-state index >= 15 is 0 Å². The Labute approximate surface area is 117 Å². The standard InChI is InChI=1S/C15H17N3O2/c1-11-13(9-18-8-7-16-14(19)10-18)17-15(20-11)12-5-3-2-4-6-12/h2-6H,7-10H2,1H3,(H,16,19). The molecule has 104 valence electrons. The first kappa shape index (κ1) is 12.9. The van der Waals surface area contributed by atoms with Gasteiger partial charge in [-0.15, -0.1) is 0 Å². The first-order valence-electron chi connectivity index (χ1n) is 6.73. The number of hydrogen-bond donors (Lipinski definition) is 1. The fraction of sp³-hybridized carbons (Fsp3) is 0.333. The van der Waals surface area contributed by atoms with Crippen molar-refractivity contribution < 1.29 is 9.21 Å². The highest BCUT2D eigenvalue weighted by molar-refractivity contribution is 5.78. The van der Waals surface area contributed by atoms with E-state index in [0.717, 1.165) is 23.6 Å². The number of oxazole rings is 1. The van der Waals surface area contributed by atoms with Gasteiger partial charge in [-0.2, -0.15) is 0 Å². The predicted molar refractivity (Wildman–Crippen MR) is 75.0 cm³/mol. The predicted octanol–water partition coefficient (Wildman–Crippen LogP) is 1.58. The van der Waals surface area contributed by atoms with E-state index in [4.69, 9.17) is 4.42 Å². The molecule has 0 radical (unpaired) electrons. The number of hydrogen-bond acceptors (Lipinski definition) is 4. The van der Waals surface area contributed by atoms with Gasteiger partial charge in [-0.1, -0.05) is 18.2 Å². The van der Waals surface area contributed by atoms with Crippen molar-refractivity contribution in [3.05, 3.63) is 41.8 Å². The molecule has 0 aliphatic carbocycles. The third-order valence-corrected chi connectivity index (χ3v) is 3.40. The van der Waals surface area contributed by atoms with Crippen LogP contribution >= 0.6 is 0 Å². The molecule has 1 aliphatic rings. The van der Waals surface area contributed by atoms with E-state index < -0.39 is 0 Å². The average molecular weight is 271 g/mol. The Kier molecular flexibility index (Phi) is 3.52. The minimum Gasteiger partial charge on any atom is -0.441 e. The second kappa shape index (κ2) is 5.46. The van der Waals surface area contributed by atoms with Crippen molar-refractivity contribution in [3.8, 4) is 11.5 Å². The zero-order valence-corrected chi connectivity index (χ0v) is 11.4. The summed E-state index contributed by atoms with van der Waals surface area (Å²) in [4.78, 5) is 18.0. The molecule has 0 spiro atoms. The SMILES string of the molecule is Cc1oc(-c2ccccc2)nc1CN1CCNC(=O)C1. The van der Waals surface area contributed by atoms with Crippen molar-refractivity contribution >= 4 is 5.91 Å². The summed E-state index contributed by atoms with van der Waals surface area (Å²) in [5.41, 5.74) is 1.87. The molecule has 1 fully saturated rings. The lowest BCUT2D eigenvalue weighted by atomic mass is 10.2. The fourth-order valence-corrected chi connectivity index (χ4v) is 2.32. The smallest absolute Gasteiger partial charge is 0.234 e. The zero-order valence-electron chi connectivity index (χ0n) is 11.4. The lowest BCUT2D eigenvalue weighted by molar-refractivity contribution is -0.124. The van der Waals surface area contributed by atoms with E-state index in [-0.39, 0.29) is 5.91 Å². The summed E-state index contributed by atoms with van der Waals surface area (Å²) in [6, 6.07) is 9.84. The molecule has 1 aliphatic heterocycles. The number of amides is 1. The van der Waals surface area contributed by atoms with E-state index in [1.165, 1.54) is 0 Å². The highest BCUT2D eigenvalue weighted by Crippen LogP contribution is 2.22. The molecule has 5 heteroatoms. The molecule has 0 bridgehead atoms. The largest absolute Gasteiger partial charge is 0.441 e. The van der Waals surface area contributed by atoms with Gasteiger partial charge in [0.15, 0.2) is 0 Å². The number of aromatic nitrogens is 1. The van der Waals surface area contributed by atoms with E-state index in [1.807, 2.05) is 37.3 Å². The van der Waals surface area contributed by atoms with Crippen LogP contribution in [0.15, 0.2) is 34.7 Å². The van der Waals surface area contributed by atoms with Crippen molar-refractivity contribution in [2.75, 3.05) is 19.6 Å². The number of rotatable bonds is 3. The molecule has 5 nitrogen and oxygen atoms in total. The molecule has 1 aromatic heterocycles. The van der Waals surface area contributed by atoms with E-state index in [2.05, 4.69) is 15.2 Å². The monoisotopic (exact) mass is 271 g/mol.